The van der Waals surface area contributed by atoms with Crippen molar-refractivity contribution >= 4 is 17.4 Å². The maximum atomic E-state index is 12.9. The topological polar surface area (TPSA) is 84.9 Å². The molecule has 0 aliphatic heterocycles. The average Bonchev–Trinajstić information content (AvgIpc) is 2.90. The van der Waals surface area contributed by atoms with E-state index in [1.807, 2.05) is 12.1 Å². The van der Waals surface area contributed by atoms with Crippen LogP contribution < -0.4 is 14.8 Å². The number of carboxylic acid groups (broad SMARTS) is 1. The minimum absolute atomic E-state index is 0.0366. The Kier molecular flexibility index (Phi) is 9.98. The number of nitrogens with one attached hydrogen (secondary N) is 1. The van der Waals surface area contributed by atoms with Crippen molar-refractivity contribution in [3.8, 4) is 22.6 Å². The number of ether oxygens (including phenoxy) is 2. The van der Waals surface area contributed by atoms with Crippen molar-refractivity contribution in [2.24, 2.45) is 5.92 Å². The average molecular weight is 544 g/mol. The molecular weight excluding hydrogens is 511 g/mol. The van der Waals surface area contributed by atoms with Crippen LogP contribution in [0.3, 0.4) is 0 Å². The summed E-state index contributed by atoms with van der Waals surface area (Å²) < 4.78 is 50.2. The molecule has 1 atom stereocenters. The summed E-state index contributed by atoms with van der Waals surface area (Å²) in [5.74, 6) is 0.218. The molecule has 0 amide bonds. The van der Waals surface area contributed by atoms with Crippen LogP contribution in [0.4, 0.5) is 18.9 Å². The fourth-order valence-corrected chi connectivity index (χ4v) is 3.94. The van der Waals surface area contributed by atoms with Gasteiger partial charge in [-0.2, -0.15) is 13.2 Å². The highest BCUT2D eigenvalue weighted by atomic mass is 19.4. The van der Waals surface area contributed by atoms with Crippen molar-refractivity contribution in [1.82, 2.24) is 0 Å². The molecule has 0 heterocycles. The number of Topliss-reactive ketones (excluding diaryl/α,β-unsaturated/α-hetero) is 1. The highest BCUT2D eigenvalue weighted by Crippen LogP contribution is 2.36. The summed E-state index contributed by atoms with van der Waals surface area (Å²) in [6.45, 7) is 4.43. The van der Waals surface area contributed by atoms with E-state index in [-0.39, 0.29) is 30.6 Å². The summed E-state index contributed by atoms with van der Waals surface area (Å²) in [5, 5.41) is 12.1. The Morgan fingerprint density at radius 1 is 0.949 bits per heavy atom. The molecule has 0 radical (unpaired) electrons. The molecule has 2 N–H and O–H groups in total. The van der Waals surface area contributed by atoms with E-state index in [1.54, 1.807) is 30.3 Å². The number of rotatable bonds is 13. The minimum atomic E-state index is -4.40. The highest BCUT2D eigenvalue weighted by molar-refractivity contribution is 5.96. The minimum Gasteiger partial charge on any atom is -0.496 e. The summed E-state index contributed by atoms with van der Waals surface area (Å²) in [6, 6.07) is 17.1. The van der Waals surface area contributed by atoms with Gasteiger partial charge in [-0.3, -0.25) is 9.59 Å². The van der Waals surface area contributed by atoms with Crippen LogP contribution in [0.25, 0.3) is 11.1 Å². The second-order valence-electron chi connectivity index (χ2n) is 9.49. The molecular formula is C30H32F3NO5. The Bertz CT molecular complexity index is 1260. The van der Waals surface area contributed by atoms with Gasteiger partial charge in [0.15, 0.2) is 5.78 Å². The zero-order chi connectivity index (χ0) is 28.6. The van der Waals surface area contributed by atoms with Gasteiger partial charge in [-0.15, -0.1) is 0 Å². The molecule has 0 saturated carbocycles. The van der Waals surface area contributed by atoms with Gasteiger partial charge in [0.1, 0.15) is 18.1 Å². The Morgan fingerprint density at radius 2 is 1.62 bits per heavy atom. The van der Waals surface area contributed by atoms with Crippen LogP contribution in [-0.2, 0) is 11.0 Å². The fraction of sp³-hybridized carbons (Fsp3) is 0.333. The second-order valence-corrected chi connectivity index (χ2v) is 9.49. The van der Waals surface area contributed by atoms with Crippen LogP contribution in [0.15, 0.2) is 66.7 Å². The number of alkyl halides is 3. The molecule has 0 saturated heterocycles. The number of aliphatic carboxylic acids is 1. The first-order valence-electron chi connectivity index (χ1n) is 12.6. The zero-order valence-electron chi connectivity index (χ0n) is 22.0. The number of carboxylic acids is 1. The molecule has 0 fully saturated rings. The van der Waals surface area contributed by atoms with E-state index in [1.165, 1.54) is 19.2 Å². The molecule has 3 rings (SSSR count). The zero-order valence-corrected chi connectivity index (χ0v) is 22.0. The van der Waals surface area contributed by atoms with Crippen molar-refractivity contribution in [3.05, 3.63) is 77.9 Å². The van der Waals surface area contributed by atoms with Gasteiger partial charge in [-0.05, 0) is 66.4 Å². The fourth-order valence-electron chi connectivity index (χ4n) is 3.94. The van der Waals surface area contributed by atoms with Crippen LogP contribution in [0.2, 0.25) is 0 Å². The third-order valence-corrected chi connectivity index (χ3v) is 6.28. The summed E-state index contributed by atoms with van der Waals surface area (Å²) in [5.41, 5.74) is 1.87. The van der Waals surface area contributed by atoms with Crippen LogP contribution in [0.5, 0.6) is 11.5 Å². The smallest absolute Gasteiger partial charge is 0.416 e. The van der Waals surface area contributed by atoms with Crippen LogP contribution in [0.1, 0.15) is 49.0 Å². The highest BCUT2D eigenvalue weighted by Gasteiger charge is 2.30. The maximum absolute atomic E-state index is 12.9. The van der Waals surface area contributed by atoms with Crippen molar-refractivity contribution in [3.63, 3.8) is 0 Å². The van der Waals surface area contributed by atoms with Gasteiger partial charge in [0.05, 0.1) is 18.7 Å². The summed E-state index contributed by atoms with van der Waals surface area (Å²) in [4.78, 5) is 22.9. The molecule has 0 aliphatic carbocycles. The molecule has 0 unspecified atom stereocenters. The van der Waals surface area contributed by atoms with E-state index in [2.05, 4.69) is 19.2 Å². The molecule has 6 nitrogen and oxygen atoms in total. The molecule has 9 heteroatoms. The third kappa shape index (κ3) is 8.49. The Balaban J connectivity index is 1.63. The Labute approximate surface area is 225 Å². The first-order valence-corrected chi connectivity index (χ1v) is 12.6. The van der Waals surface area contributed by atoms with Gasteiger partial charge in [0.25, 0.3) is 0 Å². The third-order valence-electron chi connectivity index (χ3n) is 6.28. The summed E-state index contributed by atoms with van der Waals surface area (Å²) in [6.07, 6.45) is -3.95. The summed E-state index contributed by atoms with van der Waals surface area (Å²) >= 11 is 0. The molecule has 0 aromatic heterocycles. The molecule has 0 spiro atoms. The normalized spacial score (nSPS) is 12.2. The van der Waals surface area contributed by atoms with E-state index in [4.69, 9.17) is 14.6 Å². The van der Waals surface area contributed by atoms with Gasteiger partial charge in [0, 0.05) is 35.7 Å². The standard InChI is InChI=1S/C30H32F3NO5/c1-19(2)26(34-23-13-9-21(10-14-23)27(35)5-4-6-29(36)37)18-39-24-15-16-25(28(17-24)38-3)20-7-11-22(12-8-20)30(31,32)33/h7-17,19,26,34H,4-6,18H2,1-3H3,(H,36,37)/t26-/m1/s1. The van der Waals surface area contributed by atoms with Crippen molar-refractivity contribution in [2.45, 2.75) is 45.3 Å². The maximum Gasteiger partial charge on any atom is 0.416 e. The van der Waals surface area contributed by atoms with E-state index in [9.17, 15) is 22.8 Å². The SMILES string of the molecule is COc1cc(OC[C@@H](Nc2ccc(C(=O)CCCC(=O)O)cc2)C(C)C)ccc1-c1ccc(C(F)(F)F)cc1. The molecule has 208 valence electrons. The second kappa shape index (κ2) is 13.2. The predicted octanol–water partition coefficient (Wildman–Crippen LogP) is 7.33. The largest absolute Gasteiger partial charge is 0.496 e. The number of hydrogen-bond acceptors (Lipinski definition) is 5. The number of carbonyl (C=O) groups excluding carboxylic acids is 1. The van der Waals surface area contributed by atoms with Gasteiger partial charge < -0.3 is 19.9 Å². The number of benzene rings is 3. The number of halogens is 3. The van der Waals surface area contributed by atoms with Crippen LogP contribution in [-0.4, -0.2) is 36.6 Å². The van der Waals surface area contributed by atoms with Crippen LogP contribution >= 0.6 is 0 Å². The van der Waals surface area contributed by atoms with Crippen molar-refractivity contribution in [2.75, 3.05) is 19.0 Å². The monoisotopic (exact) mass is 543 g/mol. The number of hydrogen-bond donors (Lipinski definition) is 2. The van der Waals surface area contributed by atoms with E-state index in [0.29, 0.717) is 41.2 Å². The van der Waals surface area contributed by atoms with Gasteiger partial charge in [-0.25, -0.2) is 0 Å². The van der Waals surface area contributed by atoms with Crippen molar-refractivity contribution in [1.29, 1.82) is 0 Å². The lowest BCUT2D eigenvalue weighted by molar-refractivity contribution is -0.138. The van der Waals surface area contributed by atoms with Gasteiger partial charge in [0.2, 0.25) is 0 Å². The lowest BCUT2D eigenvalue weighted by atomic mass is 10.0. The van der Waals surface area contributed by atoms with E-state index in [0.717, 1.165) is 17.8 Å². The lowest BCUT2D eigenvalue weighted by Crippen LogP contribution is -2.32. The first kappa shape index (κ1) is 29.5. The van der Waals surface area contributed by atoms with E-state index < -0.39 is 17.7 Å². The molecule has 3 aromatic carbocycles. The number of ketones is 1. The number of anilines is 1. The van der Waals surface area contributed by atoms with Gasteiger partial charge in [-0.1, -0.05) is 26.0 Å². The molecule has 0 bridgehead atoms. The quantitative estimate of drug-likeness (QED) is 0.220. The molecule has 39 heavy (non-hydrogen) atoms. The number of carbonyl (C=O) groups is 2. The van der Waals surface area contributed by atoms with Gasteiger partial charge >= 0.3 is 12.1 Å². The van der Waals surface area contributed by atoms with E-state index >= 15 is 0 Å². The predicted molar refractivity (Wildman–Crippen MR) is 143 cm³/mol. The molecule has 3 aromatic rings. The van der Waals surface area contributed by atoms with Crippen molar-refractivity contribution < 1.29 is 37.3 Å². The van der Waals surface area contributed by atoms with Crippen LogP contribution in [0, 0.1) is 5.92 Å². The lowest BCUT2D eigenvalue weighted by Gasteiger charge is -2.24. The first-order chi connectivity index (χ1) is 18.5. The Hall–Kier alpha value is -4.01. The number of methoxy groups -OCH3 is 1. The summed E-state index contributed by atoms with van der Waals surface area (Å²) in [7, 11) is 1.49. The Morgan fingerprint density at radius 3 is 2.18 bits per heavy atom. The molecule has 0 aliphatic rings.